The van der Waals surface area contributed by atoms with Crippen molar-refractivity contribution in [2.45, 2.75) is 24.9 Å². The second kappa shape index (κ2) is 11.8. The molecule has 1 N–H and O–H groups in total. The number of aryl methyl sites for hydroxylation is 1. The second-order valence-electron chi connectivity index (χ2n) is 9.29. The van der Waals surface area contributed by atoms with Gasteiger partial charge in [-0.05, 0) is 66.6 Å². The van der Waals surface area contributed by atoms with Crippen molar-refractivity contribution in [3.8, 4) is 5.69 Å². The molecular weight excluding hydrogens is 544 g/mol. The van der Waals surface area contributed by atoms with Crippen LogP contribution in [-0.2, 0) is 23.1 Å². The molecule has 0 aliphatic rings. The highest BCUT2D eigenvalue weighted by molar-refractivity contribution is 7.92. The lowest BCUT2D eigenvalue weighted by molar-refractivity contribution is 0.0951. The molecule has 202 valence electrons. The molecule has 0 unspecified atom stereocenters. The summed E-state index contributed by atoms with van der Waals surface area (Å²) < 4.78 is 31.1. The van der Waals surface area contributed by atoms with Crippen molar-refractivity contribution in [3.05, 3.63) is 143 Å². The molecule has 1 amide bonds. The SMILES string of the molecule is Cc1ccc(S(=O)(=O)N(Cc2ccc(Cl)cc2)c2ccccc2C(=O)NCc2ccc(-n3ccnc3)cc2)cc1. The first-order chi connectivity index (χ1) is 19.3. The Bertz CT molecular complexity index is 1700. The zero-order chi connectivity index (χ0) is 28.1. The number of hydrogen-bond donors (Lipinski definition) is 1. The maximum atomic E-state index is 14.0. The second-order valence-corrected chi connectivity index (χ2v) is 11.6. The van der Waals surface area contributed by atoms with Gasteiger partial charge >= 0.3 is 0 Å². The molecule has 40 heavy (non-hydrogen) atoms. The van der Waals surface area contributed by atoms with Gasteiger partial charge in [0.2, 0.25) is 0 Å². The van der Waals surface area contributed by atoms with Gasteiger partial charge in [0.1, 0.15) is 0 Å². The van der Waals surface area contributed by atoms with E-state index >= 15 is 0 Å². The Morgan fingerprint density at radius 2 is 1.57 bits per heavy atom. The van der Waals surface area contributed by atoms with Crippen molar-refractivity contribution in [2.75, 3.05) is 4.31 Å². The first-order valence-electron chi connectivity index (χ1n) is 12.6. The van der Waals surface area contributed by atoms with Crippen LogP contribution in [0.5, 0.6) is 0 Å². The predicted octanol–water partition coefficient (Wildman–Crippen LogP) is 6.16. The molecule has 0 aliphatic carbocycles. The van der Waals surface area contributed by atoms with Crippen LogP contribution in [0.25, 0.3) is 5.69 Å². The van der Waals surface area contributed by atoms with E-state index in [1.54, 1.807) is 85.3 Å². The zero-order valence-corrected chi connectivity index (χ0v) is 23.3. The fourth-order valence-electron chi connectivity index (χ4n) is 4.25. The summed E-state index contributed by atoms with van der Waals surface area (Å²) >= 11 is 6.06. The van der Waals surface area contributed by atoms with Crippen LogP contribution in [0.1, 0.15) is 27.0 Å². The van der Waals surface area contributed by atoms with Gasteiger partial charge in [-0.25, -0.2) is 13.4 Å². The molecule has 4 aromatic carbocycles. The lowest BCUT2D eigenvalue weighted by atomic mass is 10.1. The molecule has 5 aromatic rings. The maximum Gasteiger partial charge on any atom is 0.264 e. The van der Waals surface area contributed by atoms with E-state index in [0.717, 1.165) is 22.4 Å². The molecule has 5 rings (SSSR count). The number of anilines is 1. The van der Waals surface area contributed by atoms with Crippen molar-refractivity contribution in [1.82, 2.24) is 14.9 Å². The maximum absolute atomic E-state index is 14.0. The Morgan fingerprint density at radius 1 is 0.900 bits per heavy atom. The highest BCUT2D eigenvalue weighted by Crippen LogP contribution is 2.30. The molecule has 0 radical (unpaired) electrons. The fraction of sp³-hybridized carbons (Fsp3) is 0.0968. The first-order valence-corrected chi connectivity index (χ1v) is 14.4. The number of hydrogen-bond acceptors (Lipinski definition) is 4. The summed E-state index contributed by atoms with van der Waals surface area (Å²) in [6.07, 6.45) is 5.28. The van der Waals surface area contributed by atoms with Crippen molar-refractivity contribution < 1.29 is 13.2 Å². The van der Waals surface area contributed by atoms with Gasteiger partial charge in [0.25, 0.3) is 15.9 Å². The highest BCUT2D eigenvalue weighted by Gasteiger charge is 2.28. The standard InChI is InChI=1S/C31H27ClN4O3S/c1-23-6-16-28(17-7-23)40(38,39)36(21-25-8-12-26(32)13-9-25)30-5-3-2-4-29(30)31(37)34-20-24-10-14-27(15-11-24)35-19-18-33-22-35/h2-19,22H,20-21H2,1H3,(H,34,37). The van der Waals surface area contributed by atoms with Crippen LogP contribution in [0.15, 0.2) is 121 Å². The Hall–Kier alpha value is -4.40. The number of sulfonamides is 1. The molecular formula is C31H27ClN4O3S. The van der Waals surface area contributed by atoms with E-state index in [1.165, 1.54) is 4.31 Å². The average molecular weight is 571 g/mol. The third-order valence-corrected chi connectivity index (χ3v) is 8.48. The van der Waals surface area contributed by atoms with Crippen molar-refractivity contribution in [3.63, 3.8) is 0 Å². The van der Waals surface area contributed by atoms with Crippen LogP contribution in [0.3, 0.4) is 0 Å². The number of rotatable bonds is 9. The molecule has 0 bridgehead atoms. The van der Waals surface area contributed by atoms with Crippen LogP contribution >= 0.6 is 11.6 Å². The minimum atomic E-state index is -4.02. The van der Waals surface area contributed by atoms with Gasteiger partial charge < -0.3 is 9.88 Å². The first kappa shape index (κ1) is 27.2. The minimum Gasteiger partial charge on any atom is -0.348 e. The van der Waals surface area contributed by atoms with Crippen molar-refractivity contribution in [2.24, 2.45) is 0 Å². The molecule has 1 heterocycles. The number of carbonyl (C=O) groups is 1. The largest absolute Gasteiger partial charge is 0.348 e. The summed E-state index contributed by atoms with van der Waals surface area (Å²) in [6, 6.07) is 28.1. The van der Waals surface area contributed by atoms with Gasteiger partial charge in [0.15, 0.2) is 0 Å². The van der Waals surface area contributed by atoms with E-state index in [1.807, 2.05) is 42.0 Å². The Balaban J connectivity index is 1.44. The molecule has 0 fully saturated rings. The quantitative estimate of drug-likeness (QED) is 0.230. The van der Waals surface area contributed by atoms with Crippen LogP contribution in [0.4, 0.5) is 5.69 Å². The molecule has 0 atom stereocenters. The normalized spacial score (nSPS) is 11.2. The number of imidazole rings is 1. The number of para-hydroxylation sites is 1. The molecule has 0 spiro atoms. The van der Waals surface area contributed by atoms with Gasteiger partial charge in [-0.2, -0.15) is 0 Å². The third-order valence-electron chi connectivity index (χ3n) is 6.46. The number of carbonyl (C=O) groups excluding carboxylic acids is 1. The number of nitrogens with one attached hydrogen (secondary N) is 1. The summed E-state index contributed by atoms with van der Waals surface area (Å²) in [5.41, 5.74) is 4.07. The van der Waals surface area contributed by atoms with Crippen LogP contribution in [0.2, 0.25) is 5.02 Å². The lowest BCUT2D eigenvalue weighted by Gasteiger charge is -2.27. The van der Waals surface area contributed by atoms with Gasteiger partial charge in [-0.15, -0.1) is 0 Å². The number of amides is 1. The summed E-state index contributed by atoms with van der Waals surface area (Å²) in [6.45, 7) is 2.19. The van der Waals surface area contributed by atoms with E-state index in [9.17, 15) is 13.2 Å². The van der Waals surface area contributed by atoms with Gasteiger partial charge in [0, 0.05) is 29.6 Å². The predicted molar refractivity (Wildman–Crippen MR) is 157 cm³/mol. The Morgan fingerprint density at radius 3 is 2.25 bits per heavy atom. The van der Waals surface area contributed by atoms with Crippen LogP contribution in [0, 0.1) is 6.92 Å². The van der Waals surface area contributed by atoms with E-state index in [-0.39, 0.29) is 35.1 Å². The molecule has 1 aromatic heterocycles. The summed E-state index contributed by atoms with van der Waals surface area (Å²) in [5.74, 6) is -0.380. The Kier molecular flexibility index (Phi) is 8.00. The van der Waals surface area contributed by atoms with E-state index in [4.69, 9.17) is 11.6 Å². The number of benzene rings is 4. The van der Waals surface area contributed by atoms with Gasteiger partial charge in [0.05, 0.1) is 29.0 Å². The molecule has 7 nitrogen and oxygen atoms in total. The lowest BCUT2D eigenvalue weighted by Crippen LogP contribution is -2.33. The van der Waals surface area contributed by atoms with E-state index < -0.39 is 10.0 Å². The summed E-state index contributed by atoms with van der Waals surface area (Å²) in [4.78, 5) is 17.6. The summed E-state index contributed by atoms with van der Waals surface area (Å²) in [7, 11) is -4.02. The van der Waals surface area contributed by atoms with Gasteiger partial charge in [-0.3, -0.25) is 9.10 Å². The minimum absolute atomic E-state index is 0.0212. The molecule has 0 aliphatic heterocycles. The fourth-order valence-corrected chi connectivity index (χ4v) is 5.85. The number of halogens is 1. The van der Waals surface area contributed by atoms with Crippen molar-refractivity contribution in [1.29, 1.82) is 0 Å². The topological polar surface area (TPSA) is 84.3 Å². The summed E-state index contributed by atoms with van der Waals surface area (Å²) in [5, 5.41) is 3.49. The van der Waals surface area contributed by atoms with Crippen LogP contribution < -0.4 is 9.62 Å². The number of nitrogens with zero attached hydrogens (tertiary/aromatic N) is 3. The third kappa shape index (κ3) is 6.09. The van der Waals surface area contributed by atoms with Crippen molar-refractivity contribution >= 4 is 33.2 Å². The monoisotopic (exact) mass is 570 g/mol. The Labute approximate surface area is 238 Å². The van der Waals surface area contributed by atoms with E-state index in [2.05, 4.69) is 10.3 Å². The van der Waals surface area contributed by atoms with E-state index in [0.29, 0.717) is 5.02 Å². The van der Waals surface area contributed by atoms with Crippen LogP contribution in [-0.4, -0.2) is 23.9 Å². The van der Waals surface area contributed by atoms with Gasteiger partial charge in [-0.1, -0.05) is 65.7 Å². The smallest absolute Gasteiger partial charge is 0.264 e. The zero-order valence-electron chi connectivity index (χ0n) is 21.7. The molecule has 9 heteroatoms. The molecule has 0 saturated heterocycles. The molecule has 0 saturated carbocycles. The highest BCUT2D eigenvalue weighted by atomic mass is 35.5. The number of aromatic nitrogens is 2. The average Bonchev–Trinajstić information content (AvgIpc) is 3.51.